The molecule has 2 aromatic carbocycles. The van der Waals surface area contributed by atoms with Crippen LogP contribution in [0.1, 0.15) is 12.5 Å². The van der Waals surface area contributed by atoms with Gasteiger partial charge >= 0.3 is 6.03 Å². The van der Waals surface area contributed by atoms with E-state index in [-0.39, 0.29) is 25.7 Å². The van der Waals surface area contributed by atoms with Crippen molar-refractivity contribution >= 4 is 29.2 Å². The highest BCUT2D eigenvalue weighted by Crippen LogP contribution is 2.25. The Labute approximate surface area is 162 Å². The second-order valence-corrected chi connectivity index (χ2v) is 6.78. The summed E-state index contributed by atoms with van der Waals surface area (Å²) in [6.45, 7) is 1.79. The summed E-state index contributed by atoms with van der Waals surface area (Å²) in [6.07, 6.45) is -0.983. The molecule has 142 valence electrons. The Kier molecular flexibility index (Phi) is 6.11. The SMILES string of the molecule is C[C@@H]1C(=O)N(C[C@H](O)COCc2ccccc2Cl)C(=O)N1c1ccccc1. The van der Waals surface area contributed by atoms with E-state index in [9.17, 15) is 14.7 Å². The molecule has 0 aromatic heterocycles. The second kappa shape index (κ2) is 8.52. The number of rotatable bonds is 7. The molecule has 0 aliphatic carbocycles. The minimum Gasteiger partial charge on any atom is -0.389 e. The maximum atomic E-state index is 12.7. The summed E-state index contributed by atoms with van der Waals surface area (Å²) in [6, 6.07) is 15.2. The molecule has 3 rings (SSSR count). The molecule has 0 bridgehead atoms. The number of hydrogen-bond acceptors (Lipinski definition) is 4. The molecule has 27 heavy (non-hydrogen) atoms. The van der Waals surface area contributed by atoms with Gasteiger partial charge in [0.05, 0.1) is 25.9 Å². The Bertz CT molecular complexity index is 815. The van der Waals surface area contributed by atoms with Crippen LogP contribution in [0, 0.1) is 0 Å². The number of imide groups is 1. The first-order valence-electron chi connectivity index (χ1n) is 8.68. The van der Waals surface area contributed by atoms with Crippen LogP contribution in [0.2, 0.25) is 5.02 Å². The highest BCUT2D eigenvalue weighted by atomic mass is 35.5. The first-order valence-corrected chi connectivity index (χ1v) is 9.05. The number of aliphatic hydroxyl groups excluding tert-OH is 1. The summed E-state index contributed by atoms with van der Waals surface area (Å²) in [4.78, 5) is 27.6. The van der Waals surface area contributed by atoms with Crippen molar-refractivity contribution in [3.63, 3.8) is 0 Å². The van der Waals surface area contributed by atoms with Gasteiger partial charge in [-0.1, -0.05) is 48.0 Å². The van der Waals surface area contributed by atoms with Crippen molar-refractivity contribution in [2.75, 3.05) is 18.1 Å². The van der Waals surface area contributed by atoms with E-state index in [1.165, 1.54) is 4.90 Å². The number of hydrogen-bond donors (Lipinski definition) is 1. The summed E-state index contributed by atoms with van der Waals surface area (Å²) in [7, 11) is 0. The van der Waals surface area contributed by atoms with E-state index in [1.54, 1.807) is 37.3 Å². The predicted octanol–water partition coefficient (Wildman–Crippen LogP) is 3.07. The molecule has 0 unspecified atom stereocenters. The van der Waals surface area contributed by atoms with Gasteiger partial charge in [-0.05, 0) is 30.7 Å². The zero-order chi connectivity index (χ0) is 19.4. The van der Waals surface area contributed by atoms with Crippen LogP contribution in [-0.4, -0.2) is 47.2 Å². The average molecular weight is 389 g/mol. The van der Waals surface area contributed by atoms with Gasteiger partial charge in [-0.2, -0.15) is 0 Å². The third-order valence-corrected chi connectivity index (χ3v) is 4.77. The molecule has 0 radical (unpaired) electrons. The van der Waals surface area contributed by atoms with E-state index >= 15 is 0 Å². The van der Waals surface area contributed by atoms with Crippen LogP contribution in [0.4, 0.5) is 10.5 Å². The average Bonchev–Trinajstić information content (AvgIpc) is 2.87. The van der Waals surface area contributed by atoms with Crippen molar-refractivity contribution in [1.29, 1.82) is 0 Å². The maximum absolute atomic E-state index is 12.7. The Balaban J connectivity index is 1.57. The Morgan fingerprint density at radius 1 is 1.11 bits per heavy atom. The van der Waals surface area contributed by atoms with Gasteiger partial charge in [-0.15, -0.1) is 0 Å². The maximum Gasteiger partial charge on any atom is 0.332 e. The highest BCUT2D eigenvalue weighted by Gasteiger charge is 2.43. The number of carbonyl (C=O) groups is 2. The van der Waals surface area contributed by atoms with Gasteiger partial charge in [0, 0.05) is 10.7 Å². The normalized spacial score (nSPS) is 18.3. The van der Waals surface area contributed by atoms with Crippen molar-refractivity contribution in [1.82, 2.24) is 4.90 Å². The lowest BCUT2D eigenvalue weighted by molar-refractivity contribution is -0.128. The molecule has 1 saturated heterocycles. The molecule has 6 nitrogen and oxygen atoms in total. The topological polar surface area (TPSA) is 70.1 Å². The van der Waals surface area contributed by atoms with Crippen LogP contribution in [0.15, 0.2) is 54.6 Å². The fraction of sp³-hybridized carbons (Fsp3) is 0.300. The smallest absolute Gasteiger partial charge is 0.332 e. The monoisotopic (exact) mass is 388 g/mol. The number of para-hydroxylation sites is 1. The van der Waals surface area contributed by atoms with Gasteiger partial charge in [0.25, 0.3) is 5.91 Å². The lowest BCUT2D eigenvalue weighted by Gasteiger charge is -2.20. The van der Waals surface area contributed by atoms with E-state index in [4.69, 9.17) is 16.3 Å². The first-order chi connectivity index (χ1) is 13.0. The number of amides is 3. The summed E-state index contributed by atoms with van der Waals surface area (Å²) in [5, 5.41) is 10.8. The molecule has 1 N–H and O–H groups in total. The first kappa shape index (κ1) is 19.4. The molecule has 7 heteroatoms. The number of β-amino-alcohol motifs (C(OH)–C–C–N with tert-alkyl or cyclic N) is 1. The number of anilines is 1. The van der Waals surface area contributed by atoms with E-state index < -0.39 is 18.2 Å². The molecular weight excluding hydrogens is 368 g/mol. The minimum atomic E-state index is -0.983. The van der Waals surface area contributed by atoms with Crippen LogP contribution in [0.5, 0.6) is 0 Å². The van der Waals surface area contributed by atoms with Gasteiger partial charge in [0.2, 0.25) is 0 Å². The van der Waals surface area contributed by atoms with Gasteiger partial charge < -0.3 is 9.84 Å². The van der Waals surface area contributed by atoms with Crippen LogP contribution >= 0.6 is 11.6 Å². The quantitative estimate of drug-likeness (QED) is 0.740. The number of nitrogens with zero attached hydrogens (tertiary/aromatic N) is 2. The largest absolute Gasteiger partial charge is 0.389 e. The fourth-order valence-electron chi connectivity index (χ4n) is 3.00. The number of benzene rings is 2. The van der Waals surface area contributed by atoms with Gasteiger partial charge in [-0.25, -0.2) is 4.79 Å². The molecule has 3 amide bonds. The van der Waals surface area contributed by atoms with E-state index in [1.807, 2.05) is 24.3 Å². The Morgan fingerprint density at radius 3 is 2.48 bits per heavy atom. The van der Waals surface area contributed by atoms with Crippen molar-refractivity contribution in [3.8, 4) is 0 Å². The highest BCUT2D eigenvalue weighted by molar-refractivity contribution is 6.31. The third kappa shape index (κ3) is 4.30. The van der Waals surface area contributed by atoms with Crippen molar-refractivity contribution in [2.24, 2.45) is 0 Å². The third-order valence-electron chi connectivity index (χ3n) is 4.40. The summed E-state index contributed by atoms with van der Waals surface area (Å²) in [5.41, 5.74) is 1.46. The number of urea groups is 1. The zero-order valence-electron chi connectivity index (χ0n) is 14.9. The van der Waals surface area contributed by atoms with E-state index in [0.29, 0.717) is 10.7 Å². The number of ether oxygens (including phenoxy) is 1. The molecule has 2 atom stereocenters. The van der Waals surface area contributed by atoms with Crippen molar-refractivity contribution < 1.29 is 19.4 Å². The van der Waals surface area contributed by atoms with Gasteiger partial charge in [0.1, 0.15) is 6.04 Å². The lowest BCUT2D eigenvalue weighted by atomic mass is 10.2. The van der Waals surface area contributed by atoms with Gasteiger partial charge in [0.15, 0.2) is 0 Å². The molecule has 0 saturated carbocycles. The minimum absolute atomic E-state index is 0.0119. The van der Waals surface area contributed by atoms with Crippen LogP contribution in [0.3, 0.4) is 0 Å². The fourth-order valence-corrected chi connectivity index (χ4v) is 3.19. The number of carbonyl (C=O) groups excluding carboxylic acids is 2. The van der Waals surface area contributed by atoms with E-state index in [0.717, 1.165) is 10.5 Å². The van der Waals surface area contributed by atoms with Crippen molar-refractivity contribution in [2.45, 2.75) is 25.7 Å². The van der Waals surface area contributed by atoms with E-state index in [2.05, 4.69) is 0 Å². The molecular formula is C20H21ClN2O4. The summed E-state index contributed by atoms with van der Waals surface area (Å²) in [5.74, 6) is -0.339. The lowest BCUT2D eigenvalue weighted by Crippen LogP contribution is -2.40. The molecule has 1 heterocycles. The predicted molar refractivity (Wildman–Crippen MR) is 103 cm³/mol. The molecule has 1 fully saturated rings. The van der Waals surface area contributed by atoms with Crippen LogP contribution in [-0.2, 0) is 16.1 Å². The summed E-state index contributed by atoms with van der Waals surface area (Å²) >= 11 is 6.06. The van der Waals surface area contributed by atoms with Gasteiger partial charge in [-0.3, -0.25) is 14.6 Å². The van der Waals surface area contributed by atoms with Crippen LogP contribution < -0.4 is 4.90 Å². The number of aliphatic hydroxyl groups is 1. The second-order valence-electron chi connectivity index (χ2n) is 6.37. The Morgan fingerprint density at radius 2 is 1.78 bits per heavy atom. The van der Waals surface area contributed by atoms with Crippen molar-refractivity contribution in [3.05, 3.63) is 65.2 Å². The molecule has 1 aliphatic heterocycles. The summed E-state index contributed by atoms with van der Waals surface area (Å²) < 4.78 is 5.48. The van der Waals surface area contributed by atoms with Crippen LogP contribution in [0.25, 0.3) is 0 Å². The molecule has 1 aliphatic rings. The number of halogens is 1. The molecule has 2 aromatic rings. The zero-order valence-corrected chi connectivity index (χ0v) is 15.7. The molecule has 0 spiro atoms. The standard InChI is InChI=1S/C20H21ClN2O4/c1-14-19(25)22(20(26)23(14)16-8-3-2-4-9-16)11-17(24)13-27-12-15-7-5-6-10-18(15)21/h2-10,14,17,24H,11-13H2,1H3/t14-,17+/m1/s1. The Hall–Kier alpha value is -2.41.